The molecule has 2 bridgehead atoms. The van der Waals surface area contributed by atoms with E-state index in [0.29, 0.717) is 54.6 Å². The number of aromatic nitrogens is 2. The van der Waals surface area contributed by atoms with Gasteiger partial charge in [-0.15, -0.1) is 0 Å². The van der Waals surface area contributed by atoms with Crippen LogP contribution in [0.3, 0.4) is 0 Å². The number of carbonyl (C=O) groups excluding carboxylic acids is 4. The summed E-state index contributed by atoms with van der Waals surface area (Å²) >= 11 is 0. The number of rotatable bonds is 8. The second kappa shape index (κ2) is 15.3. The van der Waals surface area contributed by atoms with E-state index >= 15 is 4.79 Å². The highest BCUT2D eigenvalue weighted by atomic mass is 32.2. The summed E-state index contributed by atoms with van der Waals surface area (Å²) in [6, 6.07) is 2.83. The van der Waals surface area contributed by atoms with Gasteiger partial charge in [-0.1, -0.05) is 39.5 Å². The lowest BCUT2D eigenvalue weighted by molar-refractivity contribution is -0.144. The van der Waals surface area contributed by atoms with Gasteiger partial charge in [-0.25, -0.2) is 32.0 Å². The normalized spacial score (nSPS) is 32.7. The quantitative estimate of drug-likeness (QED) is 0.338. The van der Waals surface area contributed by atoms with Crippen LogP contribution in [0.5, 0.6) is 11.6 Å². The Bertz CT molecular complexity index is 2130. The fourth-order valence-corrected chi connectivity index (χ4v) is 10.7. The van der Waals surface area contributed by atoms with E-state index in [1.54, 1.807) is 26.2 Å². The molecule has 15 nitrogen and oxygen atoms in total. The van der Waals surface area contributed by atoms with Gasteiger partial charge in [0.25, 0.3) is 5.91 Å². The number of hydrogen-bond acceptors (Lipinski definition) is 11. The minimum atomic E-state index is -4.24. The van der Waals surface area contributed by atoms with Gasteiger partial charge in [0.2, 0.25) is 34.1 Å². The van der Waals surface area contributed by atoms with Crippen molar-refractivity contribution in [2.24, 2.45) is 23.2 Å². The predicted octanol–water partition coefficient (Wildman–Crippen LogP) is 4.55. The highest BCUT2D eigenvalue weighted by Gasteiger charge is 2.68. The van der Waals surface area contributed by atoms with E-state index < -0.39 is 92.4 Å². The molecule has 1 aromatic carbocycles. The number of fused-ring (bicyclic) bond motifs is 5. The average Bonchev–Trinajstić information content (AvgIpc) is 4.15. The number of hydrogen-bond donors (Lipinski definition) is 3. The number of ether oxygens (including phenoxy) is 3. The maximum absolute atomic E-state index is 15.1. The van der Waals surface area contributed by atoms with Gasteiger partial charge < -0.3 is 29.7 Å². The Balaban J connectivity index is 1.16. The van der Waals surface area contributed by atoms with Gasteiger partial charge in [-0.2, -0.15) is 0 Å². The van der Waals surface area contributed by atoms with Crippen LogP contribution in [0.1, 0.15) is 104 Å². The Morgan fingerprint density at radius 3 is 2.42 bits per heavy atom. The maximum atomic E-state index is 15.1. The first-order chi connectivity index (χ1) is 28.0. The van der Waals surface area contributed by atoms with Crippen LogP contribution in [-0.2, 0) is 35.6 Å². The van der Waals surface area contributed by atoms with Crippen molar-refractivity contribution in [1.82, 2.24) is 30.2 Å². The number of nitrogens with zero attached hydrogens (tertiary/aromatic N) is 3. The highest BCUT2D eigenvalue weighted by molar-refractivity contribution is 7.91. The number of alkyl halides is 2. The Labute approximate surface area is 342 Å². The summed E-state index contributed by atoms with van der Waals surface area (Å²) < 4.78 is 73.6. The van der Waals surface area contributed by atoms with Crippen molar-refractivity contribution in [3.8, 4) is 11.6 Å². The number of carbonyl (C=O) groups is 4. The lowest BCUT2D eigenvalue weighted by Crippen LogP contribution is -2.61. The van der Waals surface area contributed by atoms with Crippen LogP contribution < -0.4 is 24.8 Å². The van der Waals surface area contributed by atoms with Crippen molar-refractivity contribution in [2.45, 2.75) is 145 Å². The zero-order chi connectivity index (χ0) is 42.1. The van der Waals surface area contributed by atoms with E-state index in [4.69, 9.17) is 24.2 Å². The molecule has 322 valence electrons. The number of alkyl carbamates (subject to hydrolysis) is 1. The highest BCUT2D eigenvalue weighted by Crippen LogP contribution is 2.50. The summed E-state index contributed by atoms with van der Waals surface area (Å²) in [7, 11) is -2.70. The molecule has 1 aromatic heterocycles. The van der Waals surface area contributed by atoms with Crippen LogP contribution in [0.15, 0.2) is 18.2 Å². The first kappa shape index (κ1) is 41.4. The fraction of sp³-hybridized carbons (Fsp3) is 0.707. The van der Waals surface area contributed by atoms with Crippen LogP contribution in [0.4, 0.5) is 13.6 Å². The number of benzene rings is 1. The van der Waals surface area contributed by atoms with Crippen LogP contribution in [0.25, 0.3) is 11.0 Å². The van der Waals surface area contributed by atoms with Gasteiger partial charge in [0.15, 0.2) is 0 Å². The molecule has 5 fully saturated rings. The molecule has 8 atom stereocenters. The Kier molecular flexibility index (Phi) is 10.7. The Hall–Kier alpha value is -4.35. The van der Waals surface area contributed by atoms with Crippen molar-refractivity contribution in [3.63, 3.8) is 0 Å². The second-order valence-corrected chi connectivity index (χ2v) is 20.4. The lowest BCUT2D eigenvalue weighted by Gasteiger charge is -2.37. The van der Waals surface area contributed by atoms with Gasteiger partial charge in [0, 0.05) is 12.0 Å². The summed E-state index contributed by atoms with van der Waals surface area (Å²) in [4.78, 5) is 68.0. The number of sulfonamides is 1. The van der Waals surface area contributed by atoms with Gasteiger partial charge >= 0.3 is 6.09 Å². The van der Waals surface area contributed by atoms with E-state index in [9.17, 15) is 31.6 Å². The zero-order valence-electron chi connectivity index (χ0n) is 33.9. The van der Waals surface area contributed by atoms with Crippen molar-refractivity contribution in [1.29, 1.82) is 0 Å². The predicted molar refractivity (Wildman–Crippen MR) is 209 cm³/mol. The van der Waals surface area contributed by atoms with Crippen molar-refractivity contribution in [2.75, 3.05) is 13.7 Å². The van der Waals surface area contributed by atoms with E-state index in [-0.39, 0.29) is 24.4 Å². The molecule has 8 rings (SSSR count). The summed E-state index contributed by atoms with van der Waals surface area (Å²) in [5.41, 5.74) is -1.21. The molecule has 2 aliphatic heterocycles. The summed E-state index contributed by atoms with van der Waals surface area (Å²) in [5.74, 6) is -4.25. The number of nitrogens with one attached hydrogen (secondary N) is 3. The molecule has 3 N–H and O–H groups in total. The third-order valence-corrected chi connectivity index (χ3v) is 16.1. The molecule has 59 heavy (non-hydrogen) atoms. The van der Waals surface area contributed by atoms with Gasteiger partial charge in [0.05, 0.1) is 35.4 Å². The Morgan fingerprint density at radius 1 is 1.00 bits per heavy atom. The molecular weight excluding hydrogens is 791 g/mol. The zero-order valence-corrected chi connectivity index (χ0v) is 34.7. The van der Waals surface area contributed by atoms with E-state index in [0.717, 1.165) is 44.9 Å². The first-order valence-corrected chi connectivity index (χ1v) is 22.4. The summed E-state index contributed by atoms with van der Waals surface area (Å²) in [6.45, 7) is 4.90. The second-order valence-electron chi connectivity index (χ2n) is 18.2. The van der Waals surface area contributed by atoms with Gasteiger partial charge in [-0.3, -0.25) is 19.1 Å². The molecule has 0 radical (unpaired) electrons. The van der Waals surface area contributed by atoms with E-state index in [2.05, 4.69) is 10.6 Å². The molecule has 4 amide bonds. The Morgan fingerprint density at radius 2 is 1.75 bits per heavy atom. The third kappa shape index (κ3) is 7.89. The number of aryl methyl sites for hydroxylation is 1. The molecule has 0 spiro atoms. The monoisotopic (exact) mass is 844 g/mol. The van der Waals surface area contributed by atoms with E-state index in [1.807, 2.05) is 17.7 Å². The molecule has 1 saturated heterocycles. The van der Waals surface area contributed by atoms with Crippen molar-refractivity contribution >= 4 is 44.9 Å². The van der Waals surface area contributed by atoms with Gasteiger partial charge in [0.1, 0.15) is 41.3 Å². The molecule has 4 saturated carbocycles. The maximum Gasteiger partial charge on any atom is 0.408 e. The standard InChI is InChI=1S/C41H54F2N6O9S/c1-22-30-21-49(31(22)34(50)47-41(20-25(41)33(42)43)37(52)48-59(54,55)40(3)16-17-40)36(51)32(39(2)14-8-9-15-39)46-38(53)58-29-18-23(29)10-6-5-7-11-27-35(57-30)45-28-19-24(56-4)12-13-26(28)44-27/h12-13,19,22-23,25,29-33H,5-11,14-18,20-21H2,1-4H3,(H,46,53)(H,47,50)(H,48,52)/t22-,23-,25+,29-,30+,31+,32-,41-/m1/s1. The molecule has 2 aromatic rings. The third-order valence-electron chi connectivity index (χ3n) is 14.0. The van der Waals surface area contributed by atoms with Crippen LogP contribution >= 0.6 is 0 Å². The summed E-state index contributed by atoms with van der Waals surface area (Å²) in [6.07, 6.45) is 2.73. The van der Waals surface area contributed by atoms with Crippen LogP contribution in [-0.4, -0.2) is 102 Å². The van der Waals surface area contributed by atoms with E-state index in [1.165, 1.54) is 11.8 Å². The number of methoxy groups -OCH3 is 1. The minimum absolute atomic E-state index is 0.159. The number of halogens is 2. The molecule has 18 heteroatoms. The van der Waals surface area contributed by atoms with Crippen LogP contribution in [0.2, 0.25) is 0 Å². The van der Waals surface area contributed by atoms with Gasteiger partial charge in [-0.05, 0) is 88.2 Å². The van der Waals surface area contributed by atoms with Crippen LogP contribution in [0, 0.1) is 23.2 Å². The smallest absolute Gasteiger partial charge is 0.408 e. The first-order valence-electron chi connectivity index (χ1n) is 20.9. The molecule has 3 heterocycles. The molecule has 6 aliphatic rings. The SMILES string of the molecule is COc1ccc2nc3c(nc2c1)O[C@H]1CN(C(=O)[C@H](C2(C)CCCC2)NC(=O)O[C@@H]2C[C@H]2CCCCC3)[C@H](C(=O)N[C@]2(C(=O)NS(=O)(=O)C3(C)CC3)C[C@H]2C(F)F)[C@@H]1C. The number of amides is 4. The lowest BCUT2D eigenvalue weighted by atomic mass is 9.79. The van der Waals surface area contributed by atoms with Crippen molar-refractivity contribution in [3.05, 3.63) is 23.9 Å². The largest absolute Gasteiger partial charge is 0.497 e. The summed E-state index contributed by atoms with van der Waals surface area (Å²) in [5, 5.41) is 5.39. The fourth-order valence-electron chi connectivity index (χ4n) is 9.43. The molecule has 0 unspecified atom stereocenters. The average molecular weight is 845 g/mol. The molecular formula is C41H54F2N6O9S. The minimum Gasteiger partial charge on any atom is -0.497 e. The van der Waals surface area contributed by atoms with Crippen molar-refractivity contribution < 1.29 is 50.6 Å². The topological polar surface area (TPSA) is 195 Å². The molecule has 4 aliphatic carbocycles.